The van der Waals surface area contributed by atoms with E-state index < -0.39 is 0 Å². The lowest BCUT2D eigenvalue weighted by molar-refractivity contribution is -0.120. The molecule has 0 unspecified atom stereocenters. The Morgan fingerprint density at radius 1 is 1.00 bits per heavy atom. The molecule has 0 heterocycles. The number of nitrogens with one attached hydrogen (secondary N) is 2. The Hall–Kier alpha value is -2.53. The lowest BCUT2D eigenvalue weighted by atomic mass is 9.89. The van der Waals surface area contributed by atoms with Crippen molar-refractivity contribution in [3.63, 3.8) is 0 Å². The summed E-state index contributed by atoms with van der Waals surface area (Å²) >= 11 is 0. The number of hydrogen-bond acceptors (Lipinski definition) is 4. The lowest BCUT2D eigenvalue weighted by Crippen LogP contribution is -2.34. The minimum atomic E-state index is -0.0282. The summed E-state index contributed by atoms with van der Waals surface area (Å²) in [6.45, 7) is 2.84. The van der Waals surface area contributed by atoms with Crippen molar-refractivity contribution in [2.75, 3.05) is 20.8 Å². The first-order valence-corrected chi connectivity index (χ1v) is 9.93. The maximum Gasteiger partial charge on any atom is 0.234 e. The van der Waals surface area contributed by atoms with Crippen molar-refractivity contribution in [1.29, 1.82) is 0 Å². The van der Waals surface area contributed by atoms with Crippen molar-refractivity contribution in [2.45, 2.75) is 45.2 Å². The number of methoxy groups -OCH3 is 2. The molecular weight excluding hydrogens is 352 g/mol. The minimum absolute atomic E-state index is 0.0282. The highest BCUT2D eigenvalue weighted by Gasteiger charge is 2.13. The van der Waals surface area contributed by atoms with E-state index in [0.29, 0.717) is 18.0 Å². The molecule has 28 heavy (non-hydrogen) atoms. The zero-order chi connectivity index (χ0) is 19.9. The van der Waals surface area contributed by atoms with E-state index in [1.165, 1.54) is 42.4 Å². The van der Waals surface area contributed by atoms with Gasteiger partial charge in [-0.05, 0) is 67.0 Å². The van der Waals surface area contributed by atoms with Crippen LogP contribution in [0.5, 0.6) is 11.5 Å². The molecule has 5 nitrogen and oxygen atoms in total. The number of fused-ring (bicyclic) bond motifs is 1. The van der Waals surface area contributed by atoms with E-state index in [-0.39, 0.29) is 18.5 Å². The van der Waals surface area contributed by atoms with Crippen molar-refractivity contribution < 1.29 is 14.3 Å². The van der Waals surface area contributed by atoms with Gasteiger partial charge in [0.05, 0.1) is 20.8 Å². The largest absolute Gasteiger partial charge is 0.493 e. The second kappa shape index (κ2) is 9.60. The number of benzene rings is 2. The van der Waals surface area contributed by atoms with Gasteiger partial charge in [-0.1, -0.05) is 24.3 Å². The van der Waals surface area contributed by atoms with Gasteiger partial charge in [-0.25, -0.2) is 0 Å². The molecule has 0 spiro atoms. The number of aryl methyl sites for hydroxylation is 2. The molecular formula is C23H30N2O3. The molecule has 2 aromatic carbocycles. The highest BCUT2D eigenvalue weighted by molar-refractivity contribution is 5.78. The molecule has 0 fully saturated rings. The zero-order valence-corrected chi connectivity index (χ0v) is 17.0. The van der Waals surface area contributed by atoms with E-state index in [0.717, 1.165) is 5.56 Å². The predicted molar refractivity (Wildman–Crippen MR) is 111 cm³/mol. The monoisotopic (exact) mass is 382 g/mol. The van der Waals surface area contributed by atoms with Gasteiger partial charge in [0, 0.05) is 12.6 Å². The Balaban J connectivity index is 1.49. The van der Waals surface area contributed by atoms with Gasteiger partial charge in [0.15, 0.2) is 11.5 Å². The molecule has 0 radical (unpaired) electrons. The fourth-order valence-corrected chi connectivity index (χ4v) is 3.64. The number of ether oxygens (including phenoxy) is 2. The minimum Gasteiger partial charge on any atom is -0.493 e. The van der Waals surface area contributed by atoms with Crippen LogP contribution in [0.1, 0.15) is 48.1 Å². The maximum absolute atomic E-state index is 12.2. The van der Waals surface area contributed by atoms with E-state index in [2.05, 4.69) is 35.8 Å². The first-order chi connectivity index (χ1) is 13.6. The summed E-state index contributed by atoms with van der Waals surface area (Å²) in [6, 6.07) is 12.5. The molecule has 2 aromatic rings. The lowest BCUT2D eigenvalue weighted by Gasteiger charge is -2.20. The summed E-state index contributed by atoms with van der Waals surface area (Å²) in [6.07, 6.45) is 4.93. The van der Waals surface area contributed by atoms with Gasteiger partial charge < -0.3 is 20.1 Å². The van der Waals surface area contributed by atoms with Crippen LogP contribution < -0.4 is 20.1 Å². The van der Waals surface area contributed by atoms with Gasteiger partial charge in [0.2, 0.25) is 5.91 Å². The maximum atomic E-state index is 12.2. The molecule has 0 saturated heterocycles. The zero-order valence-electron chi connectivity index (χ0n) is 17.0. The van der Waals surface area contributed by atoms with Gasteiger partial charge in [0.1, 0.15) is 0 Å². The Kier molecular flexibility index (Phi) is 6.93. The van der Waals surface area contributed by atoms with Gasteiger partial charge in [-0.2, -0.15) is 0 Å². The summed E-state index contributed by atoms with van der Waals surface area (Å²) in [5.74, 6) is 1.31. The Morgan fingerprint density at radius 2 is 1.75 bits per heavy atom. The van der Waals surface area contributed by atoms with Crippen LogP contribution in [0.4, 0.5) is 0 Å². The van der Waals surface area contributed by atoms with Crippen molar-refractivity contribution in [3.05, 3.63) is 58.7 Å². The standard InChI is InChI=1S/C23H30N2O3/c1-16(19-10-9-18-6-4-5-7-20(18)13-19)24-15-23(26)25-14-17-8-11-21(27-2)22(12-17)28-3/h8-13,16,24H,4-7,14-15H2,1-3H3,(H,25,26)/t16-/m1/s1. The van der Waals surface area contributed by atoms with Crippen LogP contribution in [0.2, 0.25) is 0 Å². The molecule has 0 bridgehead atoms. The fraction of sp³-hybridized carbons (Fsp3) is 0.435. The molecule has 1 amide bonds. The van der Waals surface area contributed by atoms with Crippen molar-refractivity contribution >= 4 is 5.91 Å². The number of amides is 1. The third-order valence-corrected chi connectivity index (χ3v) is 5.38. The molecule has 1 aliphatic rings. The van der Waals surface area contributed by atoms with E-state index in [1.807, 2.05) is 18.2 Å². The Bertz CT molecular complexity index is 819. The van der Waals surface area contributed by atoms with E-state index in [4.69, 9.17) is 9.47 Å². The summed E-state index contributed by atoms with van der Waals surface area (Å²) < 4.78 is 10.5. The third kappa shape index (κ3) is 5.04. The molecule has 1 aliphatic carbocycles. The average Bonchev–Trinajstić information content (AvgIpc) is 2.75. The highest BCUT2D eigenvalue weighted by atomic mass is 16.5. The highest BCUT2D eigenvalue weighted by Crippen LogP contribution is 2.27. The molecule has 3 rings (SSSR count). The average molecular weight is 383 g/mol. The second-order valence-electron chi connectivity index (χ2n) is 7.30. The number of rotatable bonds is 8. The van der Waals surface area contributed by atoms with Crippen LogP contribution in [-0.4, -0.2) is 26.7 Å². The summed E-state index contributed by atoms with van der Waals surface area (Å²) in [5.41, 5.74) is 5.16. The van der Waals surface area contributed by atoms with Crippen LogP contribution in [0.15, 0.2) is 36.4 Å². The molecule has 1 atom stereocenters. The topological polar surface area (TPSA) is 59.6 Å². The number of hydrogen-bond donors (Lipinski definition) is 2. The summed E-state index contributed by atoms with van der Waals surface area (Å²) in [4.78, 5) is 12.2. The van der Waals surface area contributed by atoms with Crippen molar-refractivity contribution in [1.82, 2.24) is 10.6 Å². The smallest absolute Gasteiger partial charge is 0.234 e. The first-order valence-electron chi connectivity index (χ1n) is 9.93. The van der Waals surface area contributed by atoms with Crippen LogP contribution in [0, 0.1) is 0 Å². The predicted octanol–water partition coefficient (Wildman–Crippen LogP) is 3.55. The number of carbonyl (C=O) groups is 1. The molecule has 150 valence electrons. The van der Waals surface area contributed by atoms with E-state index in [9.17, 15) is 4.79 Å². The van der Waals surface area contributed by atoms with Crippen LogP contribution in [0.3, 0.4) is 0 Å². The molecule has 0 aromatic heterocycles. The van der Waals surface area contributed by atoms with Crippen molar-refractivity contribution in [2.24, 2.45) is 0 Å². The number of carbonyl (C=O) groups excluding carboxylic acids is 1. The van der Waals surface area contributed by atoms with Crippen LogP contribution in [0.25, 0.3) is 0 Å². The summed E-state index contributed by atoms with van der Waals surface area (Å²) in [7, 11) is 3.21. The van der Waals surface area contributed by atoms with Crippen molar-refractivity contribution in [3.8, 4) is 11.5 Å². The van der Waals surface area contributed by atoms with E-state index in [1.54, 1.807) is 14.2 Å². The summed E-state index contributed by atoms with van der Waals surface area (Å²) in [5, 5.41) is 6.27. The Morgan fingerprint density at radius 3 is 2.50 bits per heavy atom. The van der Waals surface area contributed by atoms with Gasteiger partial charge >= 0.3 is 0 Å². The normalized spacial score (nSPS) is 14.1. The van der Waals surface area contributed by atoms with Crippen LogP contribution >= 0.6 is 0 Å². The third-order valence-electron chi connectivity index (χ3n) is 5.38. The van der Waals surface area contributed by atoms with Gasteiger partial charge in [-0.3, -0.25) is 4.79 Å². The molecule has 0 aliphatic heterocycles. The van der Waals surface area contributed by atoms with Gasteiger partial charge in [-0.15, -0.1) is 0 Å². The molecule has 2 N–H and O–H groups in total. The molecule has 0 saturated carbocycles. The van der Waals surface area contributed by atoms with E-state index >= 15 is 0 Å². The van der Waals surface area contributed by atoms with Crippen LogP contribution in [-0.2, 0) is 24.2 Å². The van der Waals surface area contributed by atoms with Gasteiger partial charge in [0.25, 0.3) is 0 Å². The fourth-order valence-electron chi connectivity index (χ4n) is 3.64. The SMILES string of the molecule is COc1ccc(CNC(=O)CN[C@H](C)c2ccc3c(c2)CCCC3)cc1OC. The quantitative estimate of drug-likeness (QED) is 0.733. The second-order valence-corrected chi connectivity index (χ2v) is 7.30. The Labute approximate surface area is 167 Å². The first kappa shape index (κ1) is 20.2. The molecule has 5 heteroatoms.